The highest BCUT2D eigenvalue weighted by Gasteiger charge is 2.58. The molecule has 3 saturated carbocycles. The van der Waals surface area contributed by atoms with Crippen LogP contribution in [0.2, 0.25) is 0 Å². The molecule has 2 heterocycles. The predicted molar refractivity (Wildman–Crippen MR) is 79.0 cm³/mol. The molecule has 0 aromatic carbocycles. The normalized spacial score (nSPS) is 49.6. The lowest BCUT2D eigenvalue weighted by Gasteiger charge is -2.52. The summed E-state index contributed by atoms with van der Waals surface area (Å²) < 4.78 is 0. The molecule has 6 unspecified atom stereocenters. The van der Waals surface area contributed by atoms with E-state index in [1.54, 1.807) is 12.8 Å². The van der Waals surface area contributed by atoms with Crippen LogP contribution < -0.4 is 0 Å². The van der Waals surface area contributed by atoms with Crippen LogP contribution in [0.1, 0.15) is 32.6 Å². The maximum Gasteiger partial charge on any atom is 0.00158 e. The highest BCUT2D eigenvalue weighted by atomic mass is 15.2. The molecule has 108 valence electrons. The molecule has 0 aromatic heterocycles. The van der Waals surface area contributed by atoms with Crippen molar-refractivity contribution in [2.45, 2.75) is 32.6 Å². The molecular formula is C17H30N2. The van der Waals surface area contributed by atoms with Gasteiger partial charge in [0, 0.05) is 26.2 Å². The first-order chi connectivity index (χ1) is 9.28. The molecule has 0 N–H and O–H groups in total. The van der Waals surface area contributed by atoms with Crippen molar-refractivity contribution in [3.63, 3.8) is 0 Å². The minimum absolute atomic E-state index is 1.07. The van der Waals surface area contributed by atoms with Crippen LogP contribution in [0.25, 0.3) is 0 Å². The van der Waals surface area contributed by atoms with Gasteiger partial charge in [-0.2, -0.15) is 0 Å². The average Bonchev–Trinajstić information content (AvgIpc) is 2.99. The Morgan fingerprint density at radius 2 is 1.32 bits per heavy atom. The monoisotopic (exact) mass is 262 g/mol. The standard InChI is InChI=1S/C17H30N2/c1-3-4-7-19-10-16-12-5-6-13(17(16)11-19)15-9-18(2)8-14(12)15/h12-17H,3-11H2,1-2H3. The van der Waals surface area contributed by atoms with E-state index < -0.39 is 0 Å². The van der Waals surface area contributed by atoms with Crippen molar-refractivity contribution in [3.05, 3.63) is 0 Å². The summed E-state index contributed by atoms with van der Waals surface area (Å²) in [5, 5.41) is 0. The van der Waals surface area contributed by atoms with E-state index in [9.17, 15) is 0 Å². The molecule has 0 aromatic rings. The summed E-state index contributed by atoms with van der Waals surface area (Å²) in [6, 6.07) is 0. The van der Waals surface area contributed by atoms with Crippen LogP contribution >= 0.6 is 0 Å². The van der Waals surface area contributed by atoms with E-state index in [-0.39, 0.29) is 0 Å². The van der Waals surface area contributed by atoms with Crippen LogP contribution in [-0.4, -0.2) is 49.6 Å². The van der Waals surface area contributed by atoms with Gasteiger partial charge in [0.15, 0.2) is 0 Å². The number of likely N-dealkylation sites (tertiary alicyclic amines) is 2. The van der Waals surface area contributed by atoms with Gasteiger partial charge in [0.05, 0.1) is 0 Å². The lowest BCUT2D eigenvalue weighted by atomic mass is 9.52. The Kier molecular flexibility index (Phi) is 3.15. The zero-order valence-corrected chi connectivity index (χ0v) is 12.7. The molecule has 0 amide bonds. The van der Waals surface area contributed by atoms with Crippen LogP contribution in [-0.2, 0) is 0 Å². The number of fused-ring (bicyclic) bond motifs is 1. The second-order valence-corrected chi connectivity index (χ2v) is 7.89. The van der Waals surface area contributed by atoms with E-state index in [2.05, 4.69) is 23.8 Å². The molecule has 2 saturated heterocycles. The Labute approximate surface area is 118 Å². The topological polar surface area (TPSA) is 6.48 Å². The van der Waals surface area contributed by atoms with Gasteiger partial charge in [0.2, 0.25) is 0 Å². The van der Waals surface area contributed by atoms with Crippen molar-refractivity contribution in [2.75, 3.05) is 39.8 Å². The smallest absolute Gasteiger partial charge is 0.00158 e. The zero-order valence-electron chi connectivity index (χ0n) is 12.7. The lowest BCUT2D eigenvalue weighted by molar-refractivity contribution is -0.0289. The number of hydrogen-bond acceptors (Lipinski definition) is 2. The molecule has 2 nitrogen and oxygen atoms in total. The molecule has 3 aliphatic carbocycles. The number of nitrogens with zero attached hydrogens (tertiary/aromatic N) is 2. The third-order valence-electron chi connectivity index (χ3n) is 6.94. The van der Waals surface area contributed by atoms with Crippen LogP contribution in [0.4, 0.5) is 0 Å². The van der Waals surface area contributed by atoms with Gasteiger partial charge in [0.1, 0.15) is 0 Å². The van der Waals surface area contributed by atoms with Crippen molar-refractivity contribution in [1.29, 1.82) is 0 Å². The maximum absolute atomic E-state index is 2.81. The third kappa shape index (κ3) is 1.90. The molecule has 0 radical (unpaired) electrons. The fourth-order valence-corrected chi connectivity index (χ4v) is 6.26. The summed E-state index contributed by atoms with van der Waals surface area (Å²) >= 11 is 0. The van der Waals surface area contributed by atoms with Gasteiger partial charge in [-0.05, 0) is 68.4 Å². The van der Waals surface area contributed by atoms with Gasteiger partial charge in [-0.25, -0.2) is 0 Å². The second-order valence-electron chi connectivity index (χ2n) is 7.89. The number of unbranched alkanes of at least 4 members (excludes halogenated alkanes) is 1. The summed E-state index contributed by atoms with van der Waals surface area (Å²) in [6.45, 7) is 9.40. The summed E-state index contributed by atoms with van der Waals surface area (Å²) in [6.07, 6.45) is 5.88. The van der Waals surface area contributed by atoms with Crippen molar-refractivity contribution < 1.29 is 0 Å². The Bertz CT molecular complexity index is 314. The molecule has 2 aliphatic heterocycles. The third-order valence-corrected chi connectivity index (χ3v) is 6.94. The summed E-state index contributed by atoms with van der Waals surface area (Å²) in [7, 11) is 2.35. The van der Waals surface area contributed by atoms with E-state index >= 15 is 0 Å². The highest BCUT2D eigenvalue weighted by molar-refractivity contribution is 5.08. The van der Waals surface area contributed by atoms with Crippen molar-refractivity contribution in [1.82, 2.24) is 9.80 Å². The molecule has 0 spiro atoms. The molecule has 2 heteroatoms. The minimum Gasteiger partial charge on any atom is -0.306 e. The Morgan fingerprint density at radius 3 is 1.84 bits per heavy atom. The molecule has 19 heavy (non-hydrogen) atoms. The quantitative estimate of drug-likeness (QED) is 0.771. The summed E-state index contributed by atoms with van der Waals surface area (Å²) in [5.41, 5.74) is 0. The zero-order chi connectivity index (χ0) is 13.0. The first-order valence-corrected chi connectivity index (χ1v) is 8.68. The lowest BCUT2D eigenvalue weighted by Crippen LogP contribution is -2.49. The van der Waals surface area contributed by atoms with Gasteiger partial charge < -0.3 is 9.80 Å². The SMILES string of the molecule is CCCCN1CC2C3CCC(C4CN(C)CC34)C2C1. The fourth-order valence-electron chi connectivity index (χ4n) is 6.26. The number of rotatable bonds is 3. The second kappa shape index (κ2) is 4.73. The fraction of sp³-hybridized carbons (Fsp3) is 1.00. The summed E-state index contributed by atoms with van der Waals surface area (Å²) in [5.74, 6) is 6.44. The van der Waals surface area contributed by atoms with E-state index in [0.29, 0.717) is 0 Å². The van der Waals surface area contributed by atoms with Crippen LogP contribution in [0.5, 0.6) is 0 Å². The Balaban J connectivity index is 1.51. The van der Waals surface area contributed by atoms with Crippen molar-refractivity contribution in [2.24, 2.45) is 35.5 Å². The van der Waals surface area contributed by atoms with Crippen LogP contribution in [0.15, 0.2) is 0 Å². The average molecular weight is 262 g/mol. The van der Waals surface area contributed by atoms with Crippen molar-refractivity contribution in [3.8, 4) is 0 Å². The summed E-state index contributed by atoms with van der Waals surface area (Å²) in [4.78, 5) is 5.44. The van der Waals surface area contributed by atoms with Crippen LogP contribution in [0.3, 0.4) is 0 Å². The first kappa shape index (κ1) is 12.6. The largest absolute Gasteiger partial charge is 0.306 e. The highest BCUT2D eigenvalue weighted by Crippen LogP contribution is 2.58. The van der Waals surface area contributed by atoms with Gasteiger partial charge in [0.25, 0.3) is 0 Å². The molecule has 6 atom stereocenters. The molecule has 5 fully saturated rings. The molecule has 5 rings (SSSR count). The van der Waals surface area contributed by atoms with E-state index in [0.717, 1.165) is 35.5 Å². The maximum atomic E-state index is 2.81. The molecule has 2 bridgehead atoms. The van der Waals surface area contributed by atoms with Gasteiger partial charge in [-0.1, -0.05) is 13.3 Å². The Morgan fingerprint density at radius 1 is 0.789 bits per heavy atom. The van der Waals surface area contributed by atoms with Crippen molar-refractivity contribution >= 4 is 0 Å². The number of hydrogen-bond donors (Lipinski definition) is 0. The molecular weight excluding hydrogens is 232 g/mol. The molecule has 5 aliphatic rings. The van der Waals surface area contributed by atoms with Gasteiger partial charge in [-0.15, -0.1) is 0 Å². The van der Waals surface area contributed by atoms with E-state index in [1.807, 2.05) is 0 Å². The minimum atomic E-state index is 1.07. The first-order valence-electron chi connectivity index (χ1n) is 8.68. The van der Waals surface area contributed by atoms with Gasteiger partial charge >= 0.3 is 0 Å². The predicted octanol–water partition coefficient (Wildman–Crippen LogP) is 2.55. The van der Waals surface area contributed by atoms with Gasteiger partial charge in [-0.3, -0.25) is 0 Å². The van der Waals surface area contributed by atoms with E-state index in [1.165, 1.54) is 45.6 Å². The van der Waals surface area contributed by atoms with E-state index in [4.69, 9.17) is 0 Å². The van der Waals surface area contributed by atoms with Crippen LogP contribution in [0, 0.1) is 35.5 Å². The Hall–Kier alpha value is -0.0800.